The van der Waals surface area contributed by atoms with Gasteiger partial charge in [-0.25, -0.2) is 0 Å². The van der Waals surface area contributed by atoms with E-state index in [1.54, 1.807) is 21.3 Å². The van der Waals surface area contributed by atoms with E-state index in [-0.39, 0.29) is 54.7 Å². The number of methoxy groups -OCH3 is 3. The highest BCUT2D eigenvalue weighted by Crippen LogP contribution is 2.35. The van der Waals surface area contributed by atoms with Gasteiger partial charge in [0.15, 0.2) is 0 Å². The first-order chi connectivity index (χ1) is 45.5. The van der Waals surface area contributed by atoms with Crippen molar-refractivity contribution in [3.8, 4) is 17.2 Å². The Kier molecular flexibility index (Phi) is 23.7. The number of aromatic nitrogens is 3. The van der Waals surface area contributed by atoms with Gasteiger partial charge in [0.25, 0.3) is 0 Å². The van der Waals surface area contributed by atoms with Crippen molar-refractivity contribution in [3.63, 3.8) is 0 Å². The molecule has 0 spiro atoms. The lowest BCUT2D eigenvalue weighted by Gasteiger charge is -2.22. The molecule has 0 saturated heterocycles. The lowest BCUT2D eigenvalue weighted by atomic mass is 9.85. The Bertz CT molecular complexity index is 3920. The van der Waals surface area contributed by atoms with Gasteiger partial charge in [0.1, 0.15) is 35.4 Å². The van der Waals surface area contributed by atoms with Crippen LogP contribution in [-0.2, 0) is 48.0 Å². The second-order valence-corrected chi connectivity index (χ2v) is 23.9. The van der Waals surface area contributed by atoms with E-state index in [4.69, 9.17) is 31.4 Å². The third-order valence-corrected chi connectivity index (χ3v) is 17.3. The number of hydrogen-bond donors (Lipinski definition) is 12. The summed E-state index contributed by atoms with van der Waals surface area (Å²) in [5.41, 5.74) is 29.3. The summed E-state index contributed by atoms with van der Waals surface area (Å²) < 4.78 is 16.3. The van der Waals surface area contributed by atoms with E-state index < -0.39 is 24.0 Å². The summed E-state index contributed by atoms with van der Waals surface area (Å²) in [4.78, 5) is 93.9. The first-order valence-corrected chi connectivity index (χ1v) is 32.2. The number of benzene rings is 6. The summed E-state index contributed by atoms with van der Waals surface area (Å²) in [6, 6.07) is 36.9. The molecule has 0 radical (unpaired) electrons. The van der Waals surface area contributed by atoms with E-state index in [0.717, 1.165) is 83.2 Å². The molecule has 9 rings (SSSR count). The molecule has 21 nitrogen and oxygen atoms in total. The average Bonchev–Trinajstić information content (AvgIpc) is 1.15. The van der Waals surface area contributed by atoms with Crippen LogP contribution in [0.15, 0.2) is 127 Å². The van der Waals surface area contributed by atoms with E-state index in [1.807, 2.05) is 148 Å². The third kappa shape index (κ3) is 17.4. The summed E-state index contributed by atoms with van der Waals surface area (Å²) in [7, 11) is 4.80. The minimum Gasteiger partial charge on any atom is -0.497 e. The SMILES string of the molecule is COc1ccc2c(CC(=O)N[C@@H](CCCCN)C(=O)Nc3ccc(C(c4ccc(NC(=O)[C@@H](CCCCN)NC(=O)Cc5c(C)[nH]c6cc(OC)ccc56)cc4)c4ccc(NC(=O)[C@@H](CCCCN)NC(=O)Cc5c(C)[nH]c6ccc(OC)cc56)cc4)cc3)c(C)[nH]c2c1. The molecular formula is C73H88N12O9. The molecule has 9 aromatic rings. The van der Waals surface area contributed by atoms with Crippen molar-refractivity contribution in [2.75, 3.05) is 56.9 Å². The molecule has 3 heterocycles. The highest BCUT2D eigenvalue weighted by atomic mass is 16.5. The van der Waals surface area contributed by atoms with Crippen molar-refractivity contribution < 1.29 is 43.0 Å². The highest BCUT2D eigenvalue weighted by molar-refractivity contribution is 6.01. The zero-order valence-electron chi connectivity index (χ0n) is 54.4. The van der Waals surface area contributed by atoms with Crippen LogP contribution in [-0.4, -0.2) is 109 Å². The van der Waals surface area contributed by atoms with Gasteiger partial charge in [-0.15, -0.1) is 0 Å². The molecule has 494 valence electrons. The molecule has 0 aliphatic rings. The number of carbonyl (C=O) groups is 6. The number of hydrogen-bond acceptors (Lipinski definition) is 12. The van der Waals surface area contributed by atoms with Crippen LogP contribution < -0.4 is 63.3 Å². The molecule has 94 heavy (non-hydrogen) atoms. The van der Waals surface area contributed by atoms with Crippen LogP contribution in [0.25, 0.3) is 32.7 Å². The predicted octanol–water partition coefficient (Wildman–Crippen LogP) is 9.65. The van der Waals surface area contributed by atoms with E-state index in [9.17, 15) is 28.8 Å². The van der Waals surface area contributed by atoms with Gasteiger partial charge >= 0.3 is 0 Å². The number of aryl methyl sites for hydroxylation is 3. The zero-order valence-corrected chi connectivity index (χ0v) is 54.4. The molecule has 0 aliphatic carbocycles. The van der Waals surface area contributed by atoms with E-state index in [2.05, 4.69) is 46.9 Å². The normalized spacial score (nSPS) is 12.6. The zero-order chi connectivity index (χ0) is 66.8. The molecule has 0 aliphatic heterocycles. The Morgan fingerprint density at radius 2 is 0.691 bits per heavy atom. The largest absolute Gasteiger partial charge is 0.497 e. The van der Waals surface area contributed by atoms with Crippen molar-refractivity contribution in [1.82, 2.24) is 30.9 Å². The van der Waals surface area contributed by atoms with Crippen LogP contribution in [0.4, 0.5) is 17.1 Å². The predicted molar refractivity (Wildman–Crippen MR) is 371 cm³/mol. The molecule has 6 aromatic carbocycles. The number of aromatic amines is 3. The molecule has 15 N–H and O–H groups in total. The summed E-state index contributed by atoms with van der Waals surface area (Å²) in [5.74, 6) is -0.374. The second kappa shape index (κ2) is 32.5. The quantitative estimate of drug-likeness (QED) is 0.0135. The summed E-state index contributed by atoms with van der Waals surface area (Å²) >= 11 is 0. The smallest absolute Gasteiger partial charge is 0.246 e. The molecule has 21 heteroatoms. The van der Waals surface area contributed by atoms with Crippen molar-refractivity contribution in [1.29, 1.82) is 0 Å². The number of nitrogens with one attached hydrogen (secondary N) is 9. The first kappa shape index (κ1) is 68.4. The minimum absolute atomic E-state index is 0.0479. The lowest BCUT2D eigenvalue weighted by Crippen LogP contribution is -2.44. The molecule has 0 saturated carbocycles. The van der Waals surface area contributed by atoms with Gasteiger partial charge in [0, 0.05) is 84.9 Å². The maximum atomic E-state index is 14.2. The van der Waals surface area contributed by atoms with Crippen molar-refractivity contribution in [3.05, 3.63) is 178 Å². The average molecular weight is 1280 g/mol. The third-order valence-electron chi connectivity index (χ3n) is 17.3. The van der Waals surface area contributed by atoms with Crippen LogP contribution in [0.2, 0.25) is 0 Å². The van der Waals surface area contributed by atoms with Crippen LogP contribution in [0.5, 0.6) is 17.2 Å². The van der Waals surface area contributed by atoms with Gasteiger partial charge in [-0.2, -0.15) is 0 Å². The summed E-state index contributed by atoms with van der Waals surface area (Å²) in [5, 5.41) is 20.8. The van der Waals surface area contributed by atoms with Crippen molar-refractivity contribution in [2.45, 2.75) is 122 Å². The number of unbranched alkanes of at least 4 members (excludes halogenated alkanes) is 3. The first-order valence-electron chi connectivity index (χ1n) is 32.2. The Labute approximate surface area is 547 Å². The maximum Gasteiger partial charge on any atom is 0.246 e. The van der Waals surface area contributed by atoms with Gasteiger partial charge in [-0.3, -0.25) is 28.8 Å². The Balaban J connectivity index is 0.940. The van der Waals surface area contributed by atoms with E-state index in [1.165, 1.54) is 0 Å². The van der Waals surface area contributed by atoms with Gasteiger partial charge in [-0.1, -0.05) is 36.4 Å². The van der Waals surface area contributed by atoms with Gasteiger partial charge in [-0.05, 0) is 210 Å². The van der Waals surface area contributed by atoms with Gasteiger partial charge in [0.2, 0.25) is 35.4 Å². The van der Waals surface area contributed by atoms with Crippen LogP contribution in [0.3, 0.4) is 0 Å². The Morgan fingerprint density at radius 3 is 1.02 bits per heavy atom. The number of carbonyl (C=O) groups excluding carboxylic acids is 6. The van der Waals surface area contributed by atoms with E-state index >= 15 is 0 Å². The number of fused-ring (bicyclic) bond motifs is 3. The van der Waals surface area contributed by atoms with Gasteiger partial charge < -0.3 is 78.3 Å². The van der Waals surface area contributed by atoms with Crippen molar-refractivity contribution in [2.24, 2.45) is 17.2 Å². The van der Waals surface area contributed by atoms with Crippen molar-refractivity contribution >= 4 is 85.2 Å². The second-order valence-electron chi connectivity index (χ2n) is 23.9. The minimum atomic E-state index is -0.848. The molecule has 1 unspecified atom stereocenters. The fourth-order valence-corrected chi connectivity index (χ4v) is 12.2. The molecule has 0 fully saturated rings. The maximum absolute atomic E-state index is 14.2. The Hall–Kier alpha value is -9.96. The Morgan fingerprint density at radius 1 is 0.383 bits per heavy atom. The summed E-state index contributed by atoms with van der Waals surface area (Å²) in [6.07, 6.45) is 5.19. The summed E-state index contributed by atoms with van der Waals surface area (Å²) in [6.45, 7) is 7.07. The highest BCUT2D eigenvalue weighted by Gasteiger charge is 2.27. The van der Waals surface area contributed by atoms with Crippen LogP contribution in [0, 0.1) is 20.8 Å². The van der Waals surface area contributed by atoms with Crippen LogP contribution in [0.1, 0.15) is 114 Å². The topological polar surface area (TPSA) is 328 Å². The fourth-order valence-electron chi connectivity index (χ4n) is 12.2. The van der Waals surface area contributed by atoms with E-state index in [0.29, 0.717) is 112 Å². The number of rotatable bonds is 33. The number of H-pyrrole nitrogens is 3. The molecule has 4 atom stereocenters. The van der Waals surface area contributed by atoms with Gasteiger partial charge in [0.05, 0.1) is 40.6 Å². The molecule has 0 bridgehead atoms. The molecular weight excluding hydrogens is 1190 g/mol. The standard InChI is InChI=1S/C73H88N12O9/c1-43-57(55-31-28-53(93-5)38-65(55)78-43)40-67(86)83-62(13-7-10-34-74)71(89)80-49-22-16-46(17-23-49)70(47-18-24-50(25-19-47)81-72(90)63(14-8-11-35-75)84-68(87)41-58-44(2)79-66-39-54(94-6)29-32-56(58)66)48-20-26-51(27-21-48)82-73(91)64(15-9-12-36-76)85-69(88)42-59-45(3)77-61-33-30-52(92-4)37-60(59)61/h16-33,37-39,62-64,70,77-79H,7-15,34-36,40-42,74-76H2,1-6H3,(H,80,89)(H,81,90)(H,82,91)(H,83,86)(H,84,87)(H,85,88)/t62-,63+,64-,70?/m1/s1. The number of amides is 6. The lowest BCUT2D eigenvalue weighted by molar-refractivity contribution is -0.126. The fraction of sp³-hybridized carbons (Fsp3) is 0.342. The molecule has 3 aromatic heterocycles. The molecule has 6 amide bonds. The number of ether oxygens (including phenoxy) is 3. The van der Waals surface area contributed by atoms with Crippen LogP contribution >= 0.6 is 0 Å². The monoisotopic (exact) mass is 1280 g/mol. The number of nitrogens with two attached hydrogens (primary N) is 3. The number of anilines is 3.